The van der Waals surface area contributed by atoms with Crippen molar-refractivity contribution in [2.75, 3.05) is 33.0 Å². The van der Waals surface area contributed by atoms with Crippen LogP contribution in [0.25, 0.3) is 0 Å². The summed E-state index contributed by atoms with van der Waals surface area (Å²) in [6.07, 6.45) is 8.05. The molecule has 1 aromatic carbocycles. The first kappa shape index (κ1) is 30.1. The van der Waals surface area contributed by atoms with Gasteiger partial charge in [0, 0.05) is 31.3 Å². The summed E-state index contributed by atoms with van der Waals surface area (Å²) in [5, 5.41) is 0. The van der Waals surface area contributed by atoms with Crippen LogP contribution in [0, 0.1) is 12.8 Å². The molecule has 1 fully saturated rings. The minimum atomic E-state index is -0.258. The summed E-state index contributed by atoms with van der Waals surface area (Å²) in [5.74, 6) is 1.07. The van der Waals surface area contributed by atoms with Crippen LogP contribution < -0.4 is 4.74 Å². The van der Waals surface area contributed by atoms with Crippen LogP contribution >= 0.6 is 0 Å². The number of hydrogen-bond acceptors (Lipinski definition) is 5. The van der Waals surface area contributed by atoms with Gasteiger partial charge in [-0.25, -0.2) is 0 Å². The average Bonchev–Trinajstić information content (AvgIpc) is 2.85. The summed E-state index contributed by atoms with van der Waals surface area (Å²) in [7, 11) is 0. The Labute approximate surface area is 215 Å². The van der Waals surface area contributed by atoms with Crippen LogP contribution in [-0.4, -0.2) is 51.3 Å². The van der Waals surface area contributed by atoms with Gasteiger partial charge in [0.05, 0.1) is 25.4 Å². The lowest BCUT2D eigenvalue weighted by Crippen LogP contribution is -2.53. The van der Waals surface area contributed by atoms with Crippen LogP contribution in [0.5, 0.6) is 5.75 Å². The quantitative estimate of drug-likeness (QED) is 0.199. The number of rotatable bonds is 18. The molecule has 35 heavy (non-hydrogen) atoms. The highest BCUT2D eigenvalue weighted by Gasteiger charge is 2.46. The Balaban J connectivity index is 2.38. The van der Waals surface area contributed by atoms with E-state index < -0.39 is 0 Å². The van der Waals surface area contributed by atoms with Gasteiger partial charge in [0.15, 0.2) is 0 Å². The predicted molar refractivity (Wildman–Crippen MR) is 143 cm³/mol. The van der Waals surface area contributed by atoms with Crippen molar-refractivity contribution < 1.29 is 23.7 Å². The van der Waals surface area contributed by atoms with Crippen LogP contribution in [0.2, 0.25) is 0 Å². The molecule has 0 aliphatic carbocycles. The first-order valence-corrected chi connectivity index (χ1v) is 14.3. The van der Waals surface area contributed by atoms with E-state index in [0.29, 0.717) is 19.8 Å². The van der Waals surface area contributed by atoms with Crippen molar-refractivity contribution in [1.82, 2.24) is 0 Å². The van der Waals surface area contributed by atoms with Gasteiger partial charge < -0.3 is 23.7 Å². The third-order valence-electron chi connectivity index (χ3n) is 6.82. The first-order chi connectivity index (χ1) is 17.1. The minimum absolute atomic E-state index is 0.0547. The molecule has 202 valence electrons. The van der Waals surface area contributed by atoms with Crippen LogP contribution in [0.1, 0.15) is 103 Å². The van der Waals surface area contributed by atoms with E-state index >= 15 is 0 Å². The van der Waals surface area contributed by atoms with Gasteiger partial charge in [-0.3, -0.25) is 0 Å². The number of unbranched alkanes of at least 4 members (excludes halogenated alkanes) is 4. The molecule has 0 amide bonds. The normalized spacial score (nSPS) is 24.6. The molecule has 2 rings (SSSR count). The van der Waals surface area contributed by atoms with Gasteiger partial charge >= 0.3 is 0 Å². The minimum Gasteiger partial charge on any atom is -0.493 e. The van der Waals surface area contributed by atoms with E-state index in [1.165, 1.54) is 5.56 Å². The SMILES string of the molecule is CCCCOC[C@H]1O[C@@H](c2cc(C)ccc2OCCCC)[C@H](OCCCC)[C@@H](OCCCC)[C@@H]1C. The maximum absolute atomic E-state index is 6.84. The molecule has 0 radical (unpaired) electrons. The molecule has 1 aliphatic rings. The monoisotopic (exact) mass is 492 g/mol. The molecule has 1 heterocycles. The largest absolute Gasteiger partial charge is 0.493 e. The molecule has 1 aromatic rings. The van der Waals surface area contributed by atoms with Crippen molar-refractivity contribution in [1.29, 1.82) is 0 Å². The van der Waals surface area contributed by atoms with Crippen LogP contribution in [-0.2, 0) is 18.9 Å². The molecule has 0 N–H and O–H groups in total. The third-order valence-corrected chi connectivity index (χ3v) is 6.82. The van der Waals surface area contributed by atoms with E-state index in [0.717, 1.165) is 75.9 Å². The Morgan fingerprint density at radius 1 is 0.771 bits per heavy atom. The Kier molecular flexibility index (Phi) is 14.9. The predicted octanol–water partition coefficient (Wildman–Crippen LogP) is 7.44. The fourth-order valence-electron chi connectivity index (χ4n) is 4.46. The van der Waals surface area contributed by atoms with Crippen molar-refractivity contribution in [3.63, 3.8) is 0 Å². The molecule has 1 saturated heterocycles. The average molecular weight is 493 g/mol. The second-order valence-electron chi connectivity index (χ2n) is 10.0. The molecule has 5 atom stereocenters. The summed E-state index contributed by atoms with van der Waals surface area (Å²) in [5.41, 5.74) is 2.26. The summed E-state index contributed by atoms with van der Waals surface area (Å²) in [6, 6.07) is 6.41. The van der Waals surface area contributed by atoms with Gasteiger partial charge in [-0.2, -0.15) is 0 Å². The van der Waals surface area contributed by atoms with Crippen molar-refractivity contribution in [2.45, 2.75) is 117 Å². The fraction of sp³-hybridized carbons (Fsp3) is 0.800. The lowest BCUT2D eigenvalue weighted by Gasteiger charge is -2.46. The summed E-state index contributed by atoms with van der Waals surface area (Å²) < 4.78 is 32.3. The van der Waals surface area contributed by atoms with Crippen LogP contribution in [0.3, 0.4) is 0 Å². The Bertz CT molecular complexity index is 679. The maximum atomic E-state index is 6.84. The van der Waals surface area contributed by atoms with Gasteiger partial charge in [-0.15, -0.1) is 0 Å². The standard InChI is InChI=1S/C30H52O5/c1-7-11-17-31-22-27-24(6)28(33-19-13-9-3)30(34-20-14-10-4)29(35-27)25-21-23(5)15-16-26(25)32-18-12-8-2/h15-16,21,24,27-30H,7-14,17-20,22H2,1-6H3/t24-,27-,28+,29+,30-/m1/s1. The number of ether oxygens (including phenoxy) is 5. The highest BCUT2D eigenvalue weighted by atomic mass is 16.6. The summed E-state index contributed by atoms with van der Waals surface area (Å²) >= 11 is 0. The van der Waals surface area contributed by atoms with Gasteiger partial charge in [0.1, 0.15) is 18.0 Å². The van der Waals surface area contributed by atoms with E-state index in [2.05, 4.69) is 59.7 Å². The molecule has 0 aromatic heterocycles. The first-order valence-electron chi connectivity index (χ1n) is 14.3. The smallest absolute Gasteiger partial charge is 0.125 e. The second-order valence-corrected chi connectivity index (χ2v) is 10.0. The van der Waals surface area contributed by atoms with Crippen LogP contribution in [0.15, 0.2) is 18.2 Å². The zero-order chi connectivity index (χ0) is 25.5. The van der Waals surface area contributed by atoms with Gasteiger partial charge in [0.25, 0.3) is 0 Å². The number of hydrogen-bond donors (Lipinski definition) is 0. The molecule has 1 aliphatic heterocycles. The molecule has 5 heteroatoms. The van der Waals surface area contributed by atoms with Gasteiger partial charge in [-0.05, 0) is 44.7 Å². The molecule has 0 spiro atoms. The lowest BCUT2D eigenvalue weighted by atomic mass is 9.85. The van der Waals surface area contributed by atoms with Gasteiger partial charge in [0.2, 0.25) is 0 Å². The summed E-state index contributed by atoms with van der Waals surface area (Å²) in [6.45, 7) is 16.6. The molecule has 0 unspecified atom stereocenters. The van der Waals surface area contributed by atoms with Crippen molar-refractivity contribution in [3.8, 4) is 5.75 Å². The second kappa shape index (κ2) is 17.3. The number of benzene rings is 1. The molecular formula is C30H52O5. The van der Waals surface area contributed by atoms with E-state index in [1.54, 1.807) is 0 Å². The van der Waals surface area contributed by atoms with Crippen molar-refractivity contribution in [2.24, 2.45) is 5.92 Å². The van der Waals surface area contributed by atoms with E-state index in [-0.39, 0.29) is 30.3 Å². The molecular weight excluding hydrogens is 440 g/mol. The molecule has 0 saturated carbocycles. The molecule has 5 nitrogen and oxygen atoms in total. The Morgan fingerprint density at radius 2 is 1.37 bits per heavy atom. The topological polar surface area (TPSA) is 46.2 Å². The highest BCUT2D eigenvalue weighted by Crippen LogP contribution is 2.42. The highest BCUT2D eigenvalue weighted by molar-refractivity contribution is 5.39. The lowest BCUT2D eigenvalue weighted by molar-refractivity contribution is -0.238. The molecule has 0 bridgehead atoms. The van der Waals surface area contributed by atoms with Crippen molar-refractivity contribution >= 4 is 0 Å². The zero-order valence-electron chi connectivity index (χ0n) is 23.4. The van der Waals surface area contributed by atoms with Gasteiger partial charge in [-0.1, -0.05) is 71.9 Å². The fourth-order valence-corrected chi connectivity index (χ4v) is 4.46. The van der Waals surface area contributed by atoms with E-state index in [4.69, 9.17) is 23.7 Å². The Morgan fingerprint density at radius 3 is 2.03 bits per heavy atom. The van der Waals surface area contributed by atoms with Crippen molar-refractivity contribution in [3.05, 3.63) is 29.3 Å². The number of aryl methyl sites for hydroxylation is 1. The van der Waals surface area contributed by atoms with Crippen LogP contribution in [0.4, 0.5) is 0 Å². The zero-order valence-corrected chi connectivity index (χ0v) is 23.4. The maximum Gasteiger partial charge on any atom is 0.125 e. The van der Waals surface area contributed by atoms with E-state index in [1.807, 2.05) is 0 Å². The summed E-state index contributed by atoms with van der Waals surface area (Å²) in [4.78, 5) is 0. The third kappa shape index (κ3) is 9.68. The van der Waals surface area contributed by atoms with E-state index in [9.17, 15) is 0 Å². The Hall–Kier alpha value is -1.14.